The molecular formula is C11H22NO. The highest BCUT2D eigenvalue weighted by molar-refractivity contribution is 4.67. The summed E-state index contributed by atoms with van der Waals surface area (Å²) in [5, 5.41) is 4.30. The summed E-state index contributed by atoms with van der Waals surface area (Å²) in [6, 6.07) is 0. The van der Waals surface area contributed by atoms with Crippen LogP contribution in [-0.4, -0.2) is 25.8 Å². The van der Waals surface area contributed by atoms with Gasteiger partial charge in [0.15, 0.2) is 0 Å². The number of unbranched alkanes of at least 4 members (excludes halogenated alkanes) is 3. The molecule has 0 aromatic carbocycles. The third kappa shape index (κ3) is 5.27. The maximum atomic E-state index is 5.77. The standard InChI is InChI=1S/C11H22NO/c1-2-3-4-5-10-13-11-6-8-12-9-7-11/h11H,2-10H2,1H3. The smallest absolute Gasteiger partial charge is 0.0600 e. The summed E-state index contributed by atoms with van der Waals surface area (Å²) < 4.78 is 5.77. The van der Waals surface area contributed by atoms with E-state index in [1.807, 2.05) is 0 Å². The third-order valence-corrected chi connectivity index (χ3v) is 2.57. The molecule has 2 nitrogen and oxygen atoms in total. The highest BCUT2D eigenvalue weighted by Crippen LogP contribution is 2.09. The molecule has 1 aliphatic heterocycles. The van der Waals surface area contributed by atoms with Gasteiger partial charge in [-0.2, -0.15) is 0 Å². The Hall–Kier alpha value is -0.0800. The van der Waals surface area contributed by atoms with Crippen LogP contribution in [0.3, 0.4) is 0 Å². The Labute approximate surface area is 82.0 Å². The molecule has 0 unspecified atom stereocenters. The van der Waals surface area contributed by atoms with Crippen molar-refractivity contribution in [3.8, 4) is 0 Å². The van der Waals surface area contributed by atoms with Crippen LogP contribution in [0.1, 0.15) is 45.4 Å². The number of hydrogen-bond acceptors (Lipinski definition) is 1. The van der Waals surface area contributed by atoms with Gasteiger partial charge in [0.1, 0.15) is 0 Å². The van der Waals surface area contributed by atoms with Crippen molar-refractivity contribution in [2.75, 3.05) is 19.7 Å². The van der Waals surface area contributed by atoms with Crippen LogP contribution >= 0.6 is 0 Å². The lowest BCUT2D eigenvalue weighted by atomic mass is 10.1. The fourth-order valence-corrected chi connectivity index (χ4v) is 1.67. The molecule has 0 bridgehead atoms. The monoisotopic (exact) mass is 184 g/mol. The summed E-state index contributed by atoms with van der Waals surface area (Å²) in [6.45, 7) is 5.23. The molecule has 0 aromatic rings. The van der Waals surface area contributed by atoms with Crippen LogP contribution in [0.2, 0.25) is 0 Å². The predicted molar refractivity (Wildman–Crippen MR) is 55.0 cm³/mol. The van der Waals surface area contributed by atoms with Gasteiger partial charge in [-0.05, 0) is 19.3 Å². The number of rotatable bonds is 6. The molecule has 0 spiro atoms. The van der Waals surface area contributed by atoms with Crippen LogP contribution in [0.25, 0.3) is 0 Å². The maximum absolute atomic E-state index is 5.77. The average molecular weight is 184 g/mol. The first-order valence-corrected chi connectivity index (χ1v) is 5.68. The molecule has 0 aliphatic carbocycles. The van der Waals surface area contributed by atoms with E-state index in [4.69, 9.17) is 4.74 Å². The average Bonchev–Trinajstić information content (AvgIpc) is 2.19. The Bertz CT molecular complexity index is 111. The quantitative estimate of drug-likeness (QED) is 0.581. The first-order chi connectivity index (χ1) is 6.43. The molecule has 0 amide bonds. The Balaban J connectivity index is 1.86. The van der Waals surface area contributed by atoms with Gasteiger partial charge >= 0.3 is 0 Å². The predicted octanol–water partition coefficient (Wildman–Crippen LogP) is 2.35. The van der Waals surface area contributed by atoms with Gasteiger partial charge in [0.2, 0.25) is 0 Å². The molecule has 0 saturated carbocycles. The van der Waals surface area contributed by atoms with E-state index in [0.717, 1.165) is 32.5 Å². The van der Waals surface area contributed by atoms with Crippen LogP contribution in [0.5, 0.6) is 0 Å². The second kappa shape index (κ2) is 7.34. The normalized spacial score (nSPS) is 19.2. The van der Waals surface area contributed by atoms with E-state index in [1.54, 1.807) is 0 Å². The molecule has 1 aliphatic rings. The van der Waals surface area contributed by atoms with Gasteiger partial charge in [-0.25, -0.2) is 5.32 Å². The summed E-state index contributed by atoms with van der Waals surface area (Å²) >= 11 is 0. The minimum atomic E-state index is 0.513. The molecule has 1 heterocycles. The van der Waals surface area contributed by atoms with E-state index in [-0.39, 0.29) is 0 Å². The van der Waals surface area contributed by atoms with Gasteiger partial charge in [-0.15, -0.1) is 0 Å². The highest BCUT2D eigenvalue weighted by Gasteiger charge is 2.12. The van der Waals surface area contributed by atoms with Gasteiger partial charge in [-0.1, -0.05) is 26.2 Å². The highest BCUT2D eigenvalue weighted by atomic mass is 16.5. The molecule has 0 atom stereocenters. The van der Waals surface area contributed by atoms with Gasteiger partial charge in [0.05, 0.1) is 6.10 Å². The van der Waals surface area contributed by atoms with Crippen LogP contribution in [0.4, 0.5) is 0 Å². The number of nitrogens with zero attached hydrogens (tertiary/aromatic N) is 1. The molecule has 0 aromatic heterocycles. The van der Waals surface area contributed by atoms with Gasteiger partial charge in [-0.3, -0.25) is 0 Å². The van der Waals surface area contributed by atoms with Crippen molar-refractivity contribution in [3.63, 3.8) is 0 Å². The number of piperidine rings is 1. The van der Waals surface area contributed by atoms with Crippen molar-refractivity contribution in [1.29, 1.82) is 0 Å². The fraction of sp³-hybridized carbons (Fsp3) is 1.00. The van der Waals surface area contributed by atoms with Crippen molar-refractivity contribution in [3.05, 3.63) is 0 Å². The summed E-state index contributed by atoms with van der Waals surface area (Å²) in [4.78, 5) is 0. The van der Waals surface area contributed by atoms with Gasteiger partial charge in [0, 0.05) is 19.7 Å². The molecule has 77 valence electrons. The Morgan fingerprint density at radius 1 is 1.15 bits per heavy atom. The molecule has 1 rings (SSSR count). The molecule has 1 fully saturated rings. The van der Waals surface area contributed by atoms with Crippen molar-refractivity contribution < 1.29 is 4.74 Å². The van der Waals surface area contributed by atoms with Gasteiger partial charge in [0.25, 0.3) is 0 Å². The van der Waals surface area contributed by atoms with Crippen LogP contribution < -0.4 is 5.32 Å². The number of hydrogen-bond donors (Lipinski definition) is 0. The van der Waals surface area contributed by atoms with Crippen molar-refractivity contribution >= 4 is 0 Å². The second-order valence-corrected chi connectivity index (χ2v) is 3.80. The zero-order chi connectivity index (χ0) is 9.36. The van der Waals surface area contributed by atoms with E-state index in [0.29, 0.717) is 6.10 Å². The minimum Gasteiger partial charge on any atom is -0.378 e. The molecule has 1 saturated heterocycles. The summed E-state index contributed by atoms with van der Waals surface area (Å²) in [7, 11) is 0. The number of ether oxygens (including phenoxy) is 1. The van der Waals surface area contributed by atoms with E-state index in [1.165, 1.54) is 25.7 Å². The molecule has 2 heteroatoms. The zero-order valence-corrected chi connectivity index (χ0v) is 8.80. The van der Waals surface area contributed by atoms with Crippen molar-refractivity contribution in [2.24, 2.45) is 0 Å². The molecule has 13 heavy (non-hydrogen) atoms. The first kappa shape index (κ1) is 11.0. The minimum absolute atomic E-state index is 0.513. The summed E-state index contributed by atoms with van der Waals surface area (Å²) in [6.07, 6.45) is 8.03. The Kier molecular flexibility index (Phi) is 6.21. The summed E-state index contributed by atoms with van der Waals surface area (Å²) in [5.74, 6) is 0. The largest absolute Gasteiger partial charge is 0.378 e. The van der Waals surface area contributed by atoms with Crippen molar-refractivity contribution in [1.82, 2.24) is 5.32 Å². The molecule has 0 N–H and O–H groups in total. The fourth-order valence-electron chi connectivity index (χ4n) is 1.67. The second-order valence-electron chi connectivity index (χ2n) is 3.80. The van der Waals surface area contributed by atoms with Crippen LogP contribution in [0.15, 0.2) is 0 Å². The third-order valence-electron chi connectivity index (χ3n) is 2.57. The van der Waals surface area contributed by atoms with E-state index >= 15 is 0 Å². The molecule has 1 radical (unpaired) electrons. The van der Waals surface area contributed by atoms with E-state index < -0.39 is 0 Å². The Morgan fingerprint density at radius 3 is 2.62 bits per heavy atom. The van der Waals surface area contributed by atoms with Gasteiger partial charge < -0.3 is 4.74 Å². The maximum Gasteiger partial charge on any atom is 0.0600 e. The lowest BCUT2D eigenvalue weighted by molar-refractivity contribution is 0.0302. The SMILES string of the molecule is CCCCCCOC1CC[N]CC1. The van der Waals surface area contributed by atoms with Crippen LogP contribution in [0, 0.1) is 0 Å². The van der Waals surface area contributed by atoms with E-state index in [2.05, 4.69) is 12.2 Å². The van der Waals surface area contributed by atoms with Crippen LogP contribution in [-0.2, 0) is 4.74 Å². The topological polar surface area (TPSA) is 23.3 Å². The van der Waals surface area contributed by atoms with Crippen molar-refractivity contribution in [2.45, 2.75) is 51.6 Å². The first-order valence-electron chi connectivity index (χ1n) is 5.68. The summed E-state index contributed by atoms with van der Waals surface area (Å²) in [5.41, 5.74) is 0. The lowest BCUT2D eigenvalue weighted by Gasteiger charge is -2.21. The molecular weight excluding hydrogens is 162 g/mol. The Morgan fingerprint density at radius 2 is 1.92 bits per heavy atom. The zero-order valence-electron chi connectivity index (χ0n) is 8.80. The lowest BCUT2D eigenvalue weighted by Crippen LogP contribution is -2.28. The van der Waals surface area contributed by atoms with E-state index in [9.17, 15) is 0 Å².